The van der Waals surface area contributed by atoms with Crippen molar-refractivity contribution in [1.29, 1.82) is 0 Å². The van der Waals surface area contributed by atoms with Gasteiger partial charge in [-0.15, -0.1) is 0 Å². The number of hydrogen-bond donors (Lipinski definition) is 2. The highest BCUT2D eigenvalue weighted by Gasteiger charge is 2.23. The molecule has 6 heteroatoms. The van der Waals surface area contributed by atoms with Crippen molar-refractivity contribution in [2.24, 2.45) is 0 Å². The van der Waals surface area contributed by atoms with Gasteiger partial charge in [-0.3, -0.25) is 0 Å². The molecule has 1 aromatic rings. The average molecular weight is 230 g/mol. The molecule has 0 spiro atoms. The van der Waals surface area contributed by atoms with Crippen molar-refractivity contribution in [3.63, 3.8) is 0 Å². The lowest BCUT2D eigenvalue weighted by atomic mass is 10.1. The highest BCUT2D eigenvalue weighted by Crippen LogP contribution is 2.11. The summed E-state index contributed by atoms with van der Waals surface area (Å²) in [6, 6.07) is 2.97. The molecule has 1 fully saturated rings. The summed E-state index contributed by atoms with van der Waals surface area (Å²) < 4.78 is 30.9. The van der Waals surface area contributed by atoms with E-state index in [0.29, 0.717) is 6.54 Å². The molecule has 0 amide bonds. The predicted molar refractivity (Wildman–Crippen MR) is 54.9 cm³/mol. The third-order valence-electron chi connectivity index (χ3n) is 2.38. The molecule has 1 aromatic heterocycles. The van der Waals surface area contributed by atoms with Crippen LogP contribution in [0.4, 0.5) is 0 Å². The Balaban J connectivity index is 2.04. The summed E-state index contributed by atoms with van der Waals surface area (Å²) >= 11 is 0. The maximum absolute atomic E-state index is 11.7. The van der Waals surface area contributed by atoms with Crippen LogP contribution in [-0.2, 0) is 10.0 Å². The first-order valence-corrected chi connectivity index (χ1v) is 6.43. The van der Waals surface area contributed by atoms with Gasteiger partial charge in [-0.1, -0.05) is 0 Å². The van der Waals surface area contributed by atoms with Gasteiger partial charge in [0.1, 0.15) is 0 Å². The van der Waals surface area contributed by atoms with Gasteiger partial charge in [0.25, 0.3) is 10.0 Å². The Morgan fingerprint density at radius 2 is 2.40 bits per heavy atom. The van der Waals surface area contributed by atoms with Crippen LogP contribution in [0.25, 0.3) is 0 Å². The lowest BCUT2D eigenvalue weighted by molar-refractivity contribution is 0.411. The lowest BCUT2D eigenvalue weighted by Gasteiger charge is -2.22. The van der Waals surface area contributed by atoms with Gasteiger partial charge < -0.3 is 9.73 Å². The first-order chi connectivity index (χ1) is 7.18. The summed E-state index contributed by atoms with van der Waals surface area (Å²) in [5.41, 5.74) is 0. The standard InChI is InChI=1S/C9H14N2O3S/c12-15(13,9-4-2-6-14-9)11-8-3-1-5-10-7-8/h2,4,6,8,10-11H,1,3,5,7H2. The Morgan fingerprint density at radius 1 is 1.53 bits per heavy atom. The maximum Gasteiger partial charge on any atom is 0.274 e. The van der Waals surface area contributed by atoms with Gasteiger partial charge in [-0.25, -0.2) is 13.1 Å². The molecule has 1 aliphatic heterocycles. The SMILES string of the molecule is O=S(=O)(NC1CCCNC1)c1ccco1. The molecule has 1 atom stereocenters. The smallest absolute Gasteiger partial charge is 0.274 e. The van der Waals surface area contributed by atoms with Gasteiger partial charge in [-0.2, -0.15) is 0 Å². The second-order valence-corrected chi connectivity index (χ2v) is 5.24. The quantitative estimate of drug-likeness (QED) is 0.784. The van der Waals surface area contributed by atoms with Gasteiger partial charge in [0, 0.05) is 12.6 Å². The minimum absolute atomic E-state index is 0.0203. The van der Waals surface area contributed by atoms with E-state index in [-0.39, 0.29) is 11.1 Å². The first-order valence-electron chi connectivity index (χ1n) is 4.95. The monoisotopic (exact) mass is 230 g/mol. The third kappa shape index (κ3) is 2.58. The maximum atomic E-state index is 11.7. The number of furan rings is 1. The topological polar surface area (TPSA) is 71.3 Å². The van der Waals surface area contributed by atoms with Gasteiger partial charge >= 0.3 is 0 Å². The van der Waals surface area contributed by atoms with E-state index >= 15 is 0 Å². The van der Waals surface area contributed by atoms with E-state index in [0.717, 1.165) is 19.4 Å². The molecule has 1 aliphatic rings. The highest BCUT2D eigenvalue weighted by atomic mass is 32.2. The van der Waals surface area contributed by atoms with Crippen LogP contribution in [0.5, 0.6) is 0 Å². The molecule has 2 N–H and O–H groups in total. The van der Waals surface area contributed by atoms with Gasteiger partial charge in [0.15, 0.2) is 0 Å². The van der Waals surface area contributed by atoms with Crippen LogP contribution in [0.15, 0.2) is 27.9 Å². The van der Waals surface area contributed by atoms with Crippen LogP contribution in [0.2, 0.25) is 0 Å². The summed E-state index contributed by atoms with van der Waals surface area (Å²) in [5, 5.41) is 3.12. The summed E-state index contributed by atoms with van der Waals surface area (Å²) in [4.78, 5) is 0. The molecule has 5 nitrogen and oxygen atoms in total. The van der Waals surface area contributed by atoms with E-state index in [2.05, 4.69) is 10.0 Å². The Kier molecular flexibility index (Phi) is 3.08. The summed E-state index contributed by atoms with van der Waals surface area (Å²) in [6.07, 6.45) is 3.21. The molecule has 0 radical (unpaired) electrons. The largest absolute Gasteiger partial charge is 0.452 e. The molecule has 84 valence electrons. The summed E-state index contributed by atoms with van der Waals surface area (Å²) in [5.74, 6) is 0. The predicted octanol–water partition coefficient (Wildman–Crippen LogP) is 0.310. The van der Waals surface area contributed by atoms with Gasteiger partial charge in [-0.05, 0) is 31.5 Å². The van der Waals surface area contributed by atoms with Gasteiger partial charge in [0.05, 0.1) is 6.26 Å². The Hall–Kier alpha value is -0.850. The highest BCUT2D eigenvalue weighted by molar-refractivity contribution is 7.89. The number of nitrogens with one attached hydrogen (secondary N) is 2. The second-order valence-electron chi connectivity index (χ2n) is 3.60. The van der Waals surface area contributed by atoms with Crippen molar-refractivity contribution in [1.82, 2.24) is 10.0 Å². The van der Waals surface area contributed by atoms with E-state index in [4.69, 9.17) is 4.42 Å². The van der Waals surface area contributed by atoms with E-state index < -0.39 is 10.0 Å². The van der Waals surface area contributed by atoms with Crippen molar-refractivity contribution in [3.8, 4) is 0 Å². The molecule has 0 saturated carbocycles. The van der Waals surface area contributed by atoms with E-state index in [1.54, 1.807) is 6.07 Å². The third-order valence-corrected chi connectivity index (χ3v) is 3.78. The Labute approximate surface area is 88.9 Å². The molecule has 1 unspecified atom stereocenters. The summed E-state index contributed by atoms with van der Waals surface area (Å²) in [6.45, 7) is 1.64. The van der Waals surface area contributed by atoms with Crippen molar-refractivity contribution < 1.29 is 12.8 Å². The molecular formula is C9H14N2O3S. The molecular weight excluding hydrogens is 216 g/mol. The zero-order valence-corrected chi connectivity index (χ0v) is 9.09. The fraction of sp³-hybridized carbons (Fsp3) is 0.556. The van der Waals surface area contributed by atoms with E-state index in [1.165, 1.54) is 12.3 Å². The Morgan fingerprint density at radius 3 is 3.00 bits per heavy atom. The van der Waals surface area contributed by atoms with Crippen LogP contribution in [-0.4, -0.2) is 27.5 Å². The molecule has 1 saturated heterocycles. The molecule has 2 heterocycles. The molecule has 0 bridgehead atoms. The van der Waals surface area contributed by atoms with E-state index in [1.807, 2.05) is 0 Å². The fourth-order valence-corrected chi connectivity index (χ4v) is 2.84. The number of hydrogen-bond acceptors (Lipinski definition) is 4. The molecule has 0 aromatic carbocycles. The van der Waals surface area contributed by atoms with Crippen LogP contribution in [0.1, 0.15) is 12.8 Å². The second kappa shape index (κ2) is 4.34. The first kappa shape index (κ1) is 10.7. The van der Waals surface area contributed by atoms with Crippen molar-refractivity contribution >= 4 is 10.0 Å². The minimum Gasteiger partial charge on any atom is -0.452 e. The van der Waals surface area contributed by atoms with Crippen LogP contribution in [0, 0.1) is 0 Å². The van der Waals surface area contributed by atoms with E-state index in [9.17, 15) is 8.42 Å². The van der Waals surface area contributed by atoms with Gasteiger partial charge in [0.2, 0.25) is 5.09 Å². The molecule has 15 heavy (non-hydrogen) atoms. The van der Waals surface area contributed by atoms with Crippen molar-refractivity contribution in [3.05, 3.63) is 18.4 Å². The number of piperidine rings is 1. The van der Waals surface area contributed by atoms with Crippen LogP contribution in [0.3, 0.4) is 0 Å². The fourth-order valence-electron chi connectivity index (χ4n) is 1.65. The molecule has 2 rings (SSSR count). The zero-order chi connectivity index (χ0) is 10.7. The number of sulfonamides is 1. The summed E-state index contributed by atoms with van der Waals surface area (Å²) in [7, 11) is -3.47. The van der Waals surface area contributed by atoms with Crippen molar-refractivity contribution in [2.45, 2.75) is 24.0 Å². The molecule has 0 aliphatic carbocycles. The normalized spacial score (nSPS) is 22.8. The van der Waals surface area contributed by atoms with Crippen molar-refractivity contribution in [2.75, 3.05) is 13.1 Å². The Bertz CT molecular complexity index is 393. The zero-order valence-electron chi connectivity index (χ0n) is 8.27. The average Bonchev–Trinajstić information content (AvgIpc) is 2.71. The number of rotatable bonds is 3. The minimum atomic E-state index is -3.47. The van der Waals surface area contributed by atoms with Crippen LogP contribution < -0.4 is 10.0 Å². The lowest BCUT2D eigenvalue weighted by Crippen LogP contribution is -2.45. The van der Waals surface area contributed by atoms with Crippen LogP contribution >= 0.6 is 0 Å².